The van der Waals surface area contributed by atoms with Crippen LogP contribution in [0.15, 0.2) is 67.3 Å². The van der Waals surface area contributed by atoms with Crippen molar-refractivity contribution in [2.24, 2.45) is 5.92 Å². The number of piperidine rings is 1. The summed E-state index contributed by atoms with van der Waals surface area (Å²) in [6.07, 6.45) is 8.18. The Bertz CT molecular complexity index is 756. The van der Waals surface area contributed by atoms with Crippen LogP contribution in [0.3, 0.4) is 0 Å². The van der Waals surface area contributed by atoms with Crippen molar-refractivity contribution in [1.82, 2.24) is 4.90 Å². The van der Waals surface area contributed by atoms with Crippen LogP contribution in [-0.4, -0.2) is 29.1 Å². The van der Waals surface area contributed by atoms with Crippen LogP contribution in [0.4, 0.5) is 0 Å². The molecule has 2 aromatic rings. The maximum absolute atomic E-state index is 10.0. The second-order valence-corrected chi connectivity index (χ2v) is 7.95. The van der Waals surface area contributed by atoms with Crippen molar-refractivity contribution in [1.29, 1.82) is 0 Å². The Balaban J connectivity index is 1.57. The summed E-state index contributed by atoms with van der Waals surface area (Å²) in [6.45, 7) is 6.48. The molecule has 4 rings (SSSR count). The molecule has 0 spiro atoms. The van der Waals surface area contributed by atoms with Crippen LogP contribution in [0.1, 0.15) is 36.8 Å². The number of aromatic hydroxyl groups is 1. The highest BCUT2D eigenvalue weighted by Gasteiger charge is 2.50. The van der Waals surface area contributed by atoms with E-state index in [2.05, 4.69) is 54.0 Å². The lowest BCUT2D eigenvalue weighted by molar-refractivity contribution is 0.0115. The minimum atomic E-state index is 0.145. The second kappa shape index (κ2) is 7.28. The van der Waals surface area contributed by atoms with Gasteiger partial charge in [0.25, 0.3) is 0 Å². The van der Waals surface area contributed by atoms with E-state index >= 15 is 0 Å². The molecule has 1 saturated carbocycles. The molecule has 3 atom stereocenters. The maximum Gasteiger partial charge on any atom is 0.115 e. The largest absolute Gasteiger partial charge is 0.508 e. The third-order valence-corrected chi connectivity index (χ3v) is 6.70. The molecule has 2 nitrogen and oxygen atoms in total. The Kier molecular flexibility index (Phi) is 4.86. The zero-order valence-electron chi connectivity index (χ0n) is 15.5. The molecule has 2 aromatic carbocycles. The summed E-state index contributed by atoms with van der Waals surface area (Å²) in [5.41, 5.74) is 2.87. The van der Waals surface area contributed by atoms with Crippen LogP contribution in [0.5, 0.6) is 5.75 Å². The number of likely N-dealkylation sites (tertiary alicyclic amines) is 1. The molecule has 0 unspecified atom stereocenters. The van der Waals surface area contributed by atoms with Gasteiger partial charge in [-0.1, -0.05) is 55.0 Å². The van der Waals surface area contributed by atoms with Crippen LogP contribution in [0.2, 0.25) is 0 Å². The lowest BCUT2D eigenvalue weighted by atomic mass is 9.57. The number of hydrogen-bond donors (Lipinski definition) is 1. The Morgan fingerprint density at radius 1 is 1.12 bits per heavy atom. The van der Waals surface area contributed by atoms with Gasteiger partial charge in [0.15, 0.2) is 0 Å². The average Bonchev–Trinajstić information content (AvgIpc) is 2.67. The summed E-state index contributed by atoms with van der Waals surface area (Å²) < 4.78 is 0. The number of hydrogen-bond acceptors (Lipinski definition) is 2. The monoisotopic (exact) mass is 347 g/mol. The average molecular weight is 348 g/mol. The molecule has 1 aliphatic heterocycles. The van der Waals surface area contributed by atoms with Crippen molar-refractivity contribution >= 4 is 0 Å². The zero-order chi connectivity index (χ0) is 18.0. The van der Waals surface area contributed by atoms with Crippen LogP contribution < -0.4 is 0 Å². The number of phenolic OH excluding ortho intramolecular Hbond substituents is 1. The number of phenols is 1. The van der Waals surface area contributed by atoms with E-state index in [-0.39, 0.29) is 5.41 Å². The smallest absolute Gasteiger partial charge is 0.115 e. The molecule has 26 heavy (non-hydrogen) atoms. The molecular formula is C24H29NO. The van der Waals surface area contributed by atoms with E-state index in [1.807, 2.05) is 12.1 Å². The van der Waals surface area contributed by atoms with Crippen LogP contribution in [0.25, 0.3) is 0 Å². The first-order valence-corrected chi connectivity index (χ1v) is 9.93. The van der Waals surface area contributed by atoms with E-state index in [0.717, 1.165) is 25.9 Å². The predicted molar refractivity (Wildman–Crippen MR) is 107 cm³/mol. The molecule has 2 heteroatoms. The highest BCUT2D eigenvalue weighted by atomic mass is 16.3. The van der Waals surface area contributed by atoms with Gasteiger partial charge in [-0.2, -0.15) is 0 Å². The van der Waals surface area contributed by atoms with Gasteiger partial charge in [-0.15, -0.1) is 6.58 Å². The van der Waals surface area contributed by atoms with Crippen molar-refractivity contribution in [3.05, 3.63) is 78.4 Å². The van der Waals surface area contributed by atoms with Gasteiger partial charge in [0.2, 0.25) is 0 Å². The molecule has 0 amide bonds. The Morgan fingerprint density at radius 3 is 2.73 bits per heavy atom. The molecule has 1 aliphatic carbocycles. The highest BCUT2D eigenvalue weighted by molar-refractivity contribution is 5.37. The van der Waals surface area contributed by atoms with Gasteiger partial charge in [-0.25, -0.2) is 0 Å². The Hall–Kier alpha value is -2.06. The summed E-state index contributed by atoms with van der Waals surface area (Å²) in [4.78, 5) is 2.69. The standard InChI is InChI=1S/C24H29NO/c1-2-22-23-12-7-14-24(22,20-10-6-11-21(26)18-20)15-17-25(23)16-13-19-8-4-3-5-9-19/h2-6,8-11,18,22-23,26H,1,7,12-17H2/t22-,23+,24+/m1/s1. The lowest BCUT2D eigenvalue weighted by Gasteiger charge is -2.56. The van der Waals surface area contributed by atoms with E-state index in [1.54, 1.807) is 6.07 Å². The molecule has 0 radical (unpaired) electrons. The van der Waals surface area contributed by atoms with Crippen molar-refractivity contribution in [3.8, 4) is 5.75 Å². The molecule has 2 fully saturated rings. The summed E-state index contributed by atoms with van der Waals surface area (Å²) in [7, 11) is 0. The predicted octanol–water partition coefficient (Wildman–Crippen LogP) is 4.93. The fourth-order valence-corrected chi connectivity index (χ4v) is 5.43. The fourth-order valence-electron chi connectivity index (χ4n) is 5.43. The zero-order valence-corrected chi connectivity index (χ0v) is 15.5. The van der Waals surface area contributed by atoms with Crippen molar-refractivity contribution in [2.75, 3.05) is 13.1 Å². The molecule has 1 saturated heterocycles. The quantitative estimate of drug-likeness (QED) is 0.775. The van der Waals surface area contributed by atoms with E-state index < -0.39 is 0 Å². The van der Waals surface area contributed by atoms with E-state index in [1.165, 1.54) is 30.4 Å². The highest BCUT2D eigenvalue weighted by Crippen LogP contribution is 2.51. The third kappa shape index (κ3) is 3.07. The van der Waals surface area contributed by atoms with Crippen LogP contribution >= 0.6 is 0 Å². The van der Waals surface area contributed by atoms with Gasteiger partial charge in [0.1, 0.15) is 5.75 Å². The summed E-state index contributed by atoms with van der Waals surface area (Å²) >= 11 is 0. The topological polar surface area (TPSA) is 23.5 Å². The second-order valence-electron chi connectivity index (χ2n) is 7.95. The normalized spacial score (nSPS) is 28.6. The summed E-state index contributed by atoms with van der Waals surface area (Å²) in [5, 5.41) is 10.0. The van der Waals surface area contributed by atoms with Crippen LogP contribution in [0, 0.1) is 5.92 Å². The minimum Gasteiger partial charge on any atom is -0.508 e. The molecular weight excluding hydrogens is 318 g/mol. The fraction of sp³-hybridized carbons (Fsp3) is 0.417. The number of rotatable bonds is 5. The molecule has 2 bridgehead atoms. The van der Waals surface area contributed by atoms with Gasteiger partial charge in [0.05, 0.1) is 0 Å². The van der Waals surface area contributed by atoms with E-state index in [9.17, 15) is 5.11 Å². The number of benzene rings is 2. The first-order chi connectivity index (χ1) is 12.7. The van der Waals surface area contributed by atoms with Gasteiger partial charge in [-0.05, 0) is 55.5 Å². The summed E-state index contributed by atoms with van der Waals surface area (Å²) in [6, 6.07) is 19.3. The SMILES string of the molecule is C=C[C@@H]1[C@@H]2CCC[C@@]1(c1cccc(O)c1)CCN2CCc1ccccc1. The molecule has 2 aliphatic rings. The molecule has 0 aromatic heterocycles. The van der Waals surface area contributed by atoms with E-state index in [4.69, 9.17) is 0 Å². The lowest BCUT2D eigenvalue weighted by Crippen LogP contribution is -2.58. The third-order valence-electron chi connectivity index (χ3n) is 6.70. The minimum absolute atomic E-state index is 0.145. The number of fused-ring (bicyclic) bond motifs is 2. The molecule has 1 N–H and O–H groups in total. The van der Waals surface area contributed by atoms with Gasteiger partial charge < -0.3 is 5.11 Å². The van der Waals surface area contributed by atoms with E-state index in [0.29, 0.717) is 17.7 Å². The Labute approximate surface area is 157 Å². The Morgan fingerprint density at radius 2 is 1.96 bits per heavy atom. The van der Waals surface area contributed by atoms with Crippen molar-refractivity contribution < 1.29 is 5.11 Å². The summed E-state index contributed by atoms with van der Waals surface area (Å²) in [5.74, 6) is 0.843. The maximum atomic E-state index is 10.0. The van der Waals surface area contributed by atoms with Gasteiger partial charge in [-0.3, -0.25) is 4.90 Å². The molecule has 1 heterocycles. The van der Waals surface area contributed by atoms with Gasteiger partial charge >= 0.3 is 0 Å². The first kappa shape index (κ1) is 17.4. The van der Waals surface area contributed by atoms with Gasteiger partial charge in [0, 0.05) is 23.9 Å². The van der Waals surface area contributed by atoms with Crippen LogP contribution in [-0.2, 0) is 11.8 Å². The van der Waals surface area contributed by atoms with Crippen molar-refractivity contribution in [2.45, 2.75) is 43.6 Å². The van der Waals surface area contributed by atoms with Crippen molar-refractivity contribution in [3.63, 3.8) is 0 Å². The first-order valence-electron chi connectivity index (χ1n) is 9.93. The molecule has 136 valence electrons. The number of nitrogens with zero attached hydrogens (tertiary/aromatic N) is 1.